The van der Waals surface area contributed by atoms with Gasteiger partial charge in [0, 0.05) is 6.54 Å². The maximum absolute atomic E-state index is 8.59. The van der Waals surface area contributed by atoms with Crippen molar-refractivity contribution in [3.8, 4) is 5.75 Å². The average molecular weight is 242 g/mol. The second-order valence-corrected chi connectivity index (χ2v) is 4.53. The van der Waals surface area contributed by atoms with Gasteiger partial charge in [-0.2, -0.15) is 0 Å². The van der Waals surface area contributed by atoms with Gasteiger partial charge in [0.25, 0.3) is 0 Å². The van der Waals surface area contributed by atoms with E-state index < -0.39 is 0 Å². The average Bonchev–Trinajstić information content (AvgIpc) is 2.75. The molecule has 0 bridgehead atoms. The Labute approximate surface area is 100 Å². The van der Waals surface area contributed by atoms with Gasteiger partial charge >= 0.3 is 0 Å². The van der Waals surface area contributed by atoms with Gasteiger partial charge in [-0.3, -0.25) is 0 Å². The lowest BCUT2D eigenvalue weighted by Gasteiger charge is -2.14. The van der Waals surface area contributed by atoms with Gasteiger partial charge in [-0.25, -0.2) is 5.48 Å². The van der Waals surface area contributed by atoms with Gasteiger partial charge in [-0.15, -0.1) is 0 Å². The highest BCUT2D eigenvalue weighted by atomic mass is 35.5. The third-order valence-electron chi connectivity index (χ3n) is 2.88. The Morgan fingerprint density at radius 3 is 2.75 bits per heavy atom. The fourth-order valence-electron chi connectivity index (χ4n) is 2.03. The highest BCUT2D eigenvalue weighted by Crippen LogP contribution is 2.30. The molecule has 1 aliphatic carbocycles. The minimum atomic E-state index is 0.319. The van der Waals surface area contributed by atoms with Crippen molar-refractivity contribution in [3.63, 3.8) is 0 Å². The van der Waals surface area contributed by atoms with Crippen LogP contribution in [0.1, 0.15) is 31.2 Å². The molecule has 2 rings (SSSR count). The molecule has 1 aromatic rings. The molecule has 0 unspecified atom stereocenters. The standard InChI is InChI=1S/C12H16ClNO2/c13-11-7-9(8-14-15)5-6-12(11)16-10-3-1-2-4-10/h5-7,10,14-15H,1-4,8H2. The molecule has 1 aliphatic rings. The summed E-state index contributed by atoms with van der Waals surface area (Å²) < 4.78 is 5.82. The Kier molecular flexibility index (Phi) is 4.04. The lowest BCUT2D eigenvalue weighted by molar-refractivity contribution is 0.161. The van der Waals surface area contributed by atoms with Crippen molar-refractivity contribution in [3.05, 3.63) is 28.8 Å². The van der Waals surface area contributed by atoms with Gasteiger partial charge in [-0.05, 0) is 43.4 Å². The first-order valence-corrected chi connectivity index (χ1v) is 5.99. The van der Waals surface area contributed by atoms with Crippen LogP contribution >= 0.6 is 11.6 Å². The van der Waals surface area contributed by atoms with Crippen molar-refractivity contribution in [1.29, 1.82) is 0 Å². The summed E-state index contributed by atoms with van der Waals surface area (Å²) in [5.74, 6) is 0.746. The fraction of sp³-hybridized carbons (Fsp3) is 0.500. The molecule has 0 saturated heterocycles. The maximum Gasteiger partial charge on any atom is 0.138 e. The predicted molar refractivity (Wildman–Crippen MR) is 63.0 cm³/mol. The highest BCUT2D eigenvalue weighted by molar-refractivity contribution is 6.32. The van der Waals surface area contributed by atoms with E-state index in [1.807, 2.05) is 18.2 Å². The zero-order valence-electron chi connectivity index (χ0n) is 9.08. The molecule has 0 spiro atoms. The maximum atomic E-state index is 8.59. The van der Waals surface area contributed by atoms with E-state index >= 15 is 0 Å². The minimum absolute atomic E-state index is 0.319. The van der Waals surface area contributed by atoms with Crippen molar-refractivity contribution in [2.75, 3.05) is 0 Å². The second-order valence-electron chi connectivity index (χ2n) is 4.12. The Morgan fingerprint density at radius 1 is 1.38 bits per heavy atom. The van der Waals surface area contributed by atoms with Crippen molar-refractivity contribution < 1.29 is 9.94 Å². The second kappa shape index (κ2) is 5.53. The van der Waals surface area contributed by atoms with Crippen LogP contribution in [-0.4, -0.2) is 11.3 Å². The van der Waals surface area contributed by atoms with E-state index in [1.165, 1.54) is 12.8 Å². The Bertz CT molecular complexity index is 351. The van der Waals surface area contributed by atoms with E-state index in [4.69, 9.17) is 21.5 Å². The highest BCUT2D eigenvalue weighted by Gasteiger charge is 2.17. The number of rotatable bonds is 4. The molecule has 2 N–H and O–H groups in total. The molecule has 0 atom stereocenters. The van der Waals surface area contributed by atoms with Gasteiger partial charge in [0.1, 0.15) is 5.75 Å². The number of benzene rings is 1. The summed E-state index contributed by atoms with van der Waals surface area (Å²) in [5.41, 5.74) is 3.04. The van der Waals surface area contributed by atoms with Crippen LogP contribution in [0.25, 0.3) is 0 Å². The third kappa shape index (κ3) is 2.88. The first-order valence-electron chi connectivity index (χ1n) is 5.61. The van der Waals surface area contributed by atoms with E-state index in [0.29, 0.717) is 17.7 Å². The van der Waals surface area contributed by atoms with Crippen molar-refractivity contribution in [2.24, 2.45) is 0 Å². The molecule has 1 aromatic carbocycles. The molecule has 1 saturated carbocycles. The number of ether oxygens (including phenoxy) is 1. The number of halogens is 1. The summed E-state index contributed by atoms with van der Waals surface area (Å²) in [4.78, 5) is 0. The van der Waals surface area contributed by atoms with E-state index in [1.54, 1.807) is 0 Å². The number of hydrogen-bond acceptors (Lipinski definition) is 3. The van der Waals surface area contributed by atoms with Crippen molar-refractivity contribution in [2.45, 2.75) is 38.3 Å². The first kappa shape index (κ1) is 11.7. The normalized spacial score (nSPS) is 16.6. The van der Waals surface area contributed by atoms with Gasteiger partial charge < -0.3 is 9.94 Å². The molecular formula is C12H16ClNO2. The largest absolute Gasteiger partial charge is 0.489 e. The van der Waals surface area contributed by atoms with Crippen LogP contribution in [0.4, 0.5) is 0 Å². The minimum Gasteiger partial charge on any atom is -0.489 e. The van der Waals surface area contributed by atoms with E-state index in [2.05, 4.69) is 5.48 Å². The molecule has 3 nitrogen and oxygen atoms in total. The van der Waals surface area contributed by atoms with Gasteiger partial charge in [0.15, 0.2) is 0 Å². The summed E-state index contributed by atoms with van der Waals surface area (Å²) in [6.45, 7) is 0.392. The summed E-state index contributed by atoms with van der Waals surface area (Å²) >= 11 is 6.11. The van der Waals surface area contributed by atoms with E-state index in [0.717, 1.165) is 24.2 Å². The molecule has 1 fully saturated rings. The topological polar surface area (TPSA) is 41.5 Å². The molecule has 0 aromatic heterocycles. The number of hydrogen-bond donors (Lipinski definition) is 2. The van der Waals surface area contributed by atoms with E-state index in [-0.39, 0.29) is 0 Å². The molecule has 4 heteroatoms. The SMILES string of the molecule is ONCc1ccc(OC2CCCC2)c(Cl)c1. The summed E-state index contributed by atoms with van der Waals surface area (Å²) in [5, 5.41) is 9.20. The fourth-order valence-corrected chi connectivity index (χ4v) is 2.27. The van der Waals surface area contributed by atoms with Crippen LogP contribution in [0.15, 0.2) is 18.2 Å². The van der Waals surface area contributed by atoms with Gasteiger partial charge in [0.2, 0.25) is 0 Å². The molecule has 0 radical (unpaired) electrons. The lowest BCUT2D eigenvalue weighted by Crippen LogP contribution is -2.11. The Balaban J connectivity index is 2.03. The Hall–Kier alpha value is -0.770. The molecular weight excluding hydrogens is 226 g/mol. The van der Waals surface area contributed by atoms with Crippen LogP contribution in [-0.2, 0) is 6.54 Å². The first-order chi connectivity index (χ1) is 7.79. The Morgan fingerprint density at radius 2 is 2.12 bits per heavy atom. The van der Waals surface area contributed by atoms with Crippen LogP contribution in [0.3, 0.4) is 0 Å². The smallest absolute Gasteiger partial charge is 0.138 e. The third-order valence-corrected chi connectivity index (χ3v) is 3.17. The van der Waals surface area contributed by atoms with Crippen LogP contribution in [0.2, 0.25) is 5.02 Å². The summed E-state index contributed by atoms with van der Waals surface area (Å²) in [6.07, 6.45) is 5.05. The van der Waals surface area contributed by atoms with E-state index in [9.17, 15) is 0 Å². The predicted octanol–water partition coefficient (Wildman–Crippen LogP) is 3.14. The summed E-state index contributed by atoms with van der Waals surface area (Å²) in [7, 11) is 0. The monoisotopic (exact) mass is 241 g/mol. The number of nitrogens with one attached hydrogen (secondary N) is 1. The quantitative estimate of drug-likeness (QED) is 0.796. The van der Waals surface area contributed by atoms with Crippen molar-refractivity contribution >= 4 is 11.6 Å². The van der Waals surface area contributed by atoms with Crippen LogP contribution < -0.4 is 10.2 Å². The lowest BCUT2D eigenvalue weighted by atomic mass is 10.2. The molecule has 16 heavy (non-hydrogen) atoms. The zero-order valence-corrected chi connectivity index (χ0v) is 9.83. The molecule has 88 valence electrons. The van der Waals surface area contributed by atoms with Crippen LogP contribution in [0, 0.1) is 0 Å². The zero-order chi connectivity index (χ0) is 11.4. The van der Waals surface area contributed by atoms with Crippen molar-refractivity contribution in [1.82, 2.24) is 5.48 Å². The number of hydroxylamine groups is 1. The van der Waals surface area contributed by atoms with Gasteiger partial charge in [-0.1, -0.05) is 17.7 Å². The van der Waals surface area contributed by atoms with Gasteiger partial charge in [0.05, 0.1) is 11.1 Å². The molecule has 0 amide bonds. The summed E-state index contributed by atoms with van der Waals surface area (Å²) in [6, 6.07) is 5.59. The van der Waals surface area contributed by atoms with Crippen LogP contribution in [0.5, 0.6) is 5.75 Å². The molecule has 0 aliphatic heterocycles. The molecule has 0 heterocycles.